The first-order valence-electron chi connectivity index (χ1n) is 7.28. The Balaban J connectivity index is 1.74. The van der Waals surface area contributed by atoms with E-state index in [4.69, 9.17) is 10.5 Å². The molecular weight excluding hydrogens is 256 g/mol. The number of carbonyl (C=O) groups is 1. The van der Waals surface area contributed by atoms with E-state index in [1.807, 2.05) is 18.7 Å². The van der Waals surface area contributed by atoms with Crippen LogP contribution in [0.3, 0.4) is 0 Å². The molecule has 1 aliphatic carbocycles. The van der Waals surface area contributed by atoms with Crippen molar-refractivity contribution in [1.29, 1.82) is 0 Å². The van der Waals surface area contributed by atoms with Crippen molar-refractivity contribution in [3.8, 4) is 0 Å². The number of anilines is 1. The highest BCUT2D eigenvalue weighted by atomic mass is 16.5. The molecule has 2 aliphatic rings. The Kier molecular flexibility index (Phi) is 3.41. The Morgan fingerprint density at radius 2 is 2.25 bits per heavy atom. The molecule has 2 atom stereocenters. The van der Waals surface area contributed by atoms with Crippen LogP contribution < -0.4 is 5.73 Å². The first-order valence-corrected chi connectivity index (χ1v) is 7.28. The van der Waals surface area contributed by atoms with Gasteiger partial charge in [0.25, 0.3) is 0 Å². The largest absolute Gasteiger partial charge is 0.396 e. The molecule has 1 saturated heterocycles. The highest BCUT2D eigenvalue weighted by Crippen LogP contribution is 2.30. The van der Waals surface area contributed by atoms with E-state index in [0.717, 1.165) is 30.7 Å². The minimum atomic E-state index is 0.121. The van der Waals surface area contributed by atoms with Gasteiger partial charge in [-0.25, -0.2) is 0 Å². The number of nitrogens with zero attached hydrogens (tertiary/aromatic N) is 3. The number of amides is 1. The lowest BCUT2D eigenvalue weighted by Crippen LogP contribution is -2.52. The summed E-state index contributed by atoms with van der Waals surface area (Å²) in [4.78, 5) is 14.5. The number of hydrogen-bond acceptors (Lipinski definition) is 4. The summed E-state index contributed by atoms with van der Waals surface area (Å²) >= 11 is 0. The van der Waals surface area contributed by atoms with Gasteiger partial charge in [-0.1, -0.05) is 0 Å². The molecule has 3 rings (SSSR count). The molecule has 2 N–H and O–H groups in total. The lowest BCUT2D eigenvalue weighted by molar-refractivity contribution is -0.144. The van der Waals surface area contributed by atoms with Gasteiger partial charge in [0, 0.05) is 6.54 Å². The van der Waals surface area contributed by atoms with Crippen LogP contribution in [0.1, 0.15) is 30.7 Å². The molecule has 2 unspecified atom stereocenters. The van der Waals surface area contributed by atoms with Crippen LogP contribution in [0.25, 0.3) is 0 Å². The molecule has 0 spiro atoms. The van der Waals surface area contributed by atoms with Crippen LogP contribution in [0.5, 0.6) is 0 Å². The van der Waals surface area contributed by atoms with Gasteiger partial charge < -0.3 is 15.4 Å². The monoisotopic (exact) mass is 278 g/mol. The fraction of sp³-hybridized carbons (Fsp3) is 0.714. The van der Waals surface area contributed by atoms with Crippen LogP contribution in [-0.4, -0.2) is 45.9 Å². The third kappa shape index (κ3) is 2.18. The summed E-state index contributed by atoms with van der Waals surface area (Å²) in [5.41, 5.74) is 8.25. The molecule has 6 heteroatoms. The predicted octanol–water partition coefficient (Wildman–Crippen LogP) is 0.862. The topological polar surface area (TPSA) is 73.4 Å². The van der Waals surface area contributed by atoms with E-state index >= 15 is 0 Å². The summed E-state index contributed by atoms with van der Waals surface area (Å²) in [5, 5.41) is 4.34. The number of nitrogen functional groups attached to an aromatic ring is 1. The summed E-state index contributed by atoms with van der Waals surface area (Å²) in [6, 6.07) is 0.255. The maximum atomic E-state index is 12.6. The number of fused-ring (bicyclic) bond motifs is 1. The summed E-state index contributed by atoms with van der Waals surface area (Å²) in [5.74, 6) is 0.121. The van der Waals surface area contributed by atoms with Crippen molar-refractivity contribution in [1.82, 2.24) is 14.7 Å². The molecule has 0 radical (unpaired) electrons. The number of aromatic nitrogens is 2. The first-order chi connectivity index (χ1) is 9.58. The molecule has 2 heterocycles. The summed E-state index contributed by atoms with van der Waals surface area (Å²) < 4.78 is 7.46. The highest BCUT2D eigenvalue weighted by Gasteiger charge is 2.38. The molecule has 0 aromatic carbocycles. The van der Waals surface area contributed by atoms with Gasteiger partial charge in [-0.15, -0.1) is 0 Å². The lowest BCUT2D eigenvalue weighted by atomic mass is 10.1. The standard InChI is InChI=1S/C14H22N4O2/c1-9-14(15)10(2)18(16-9)8-13(19)17-6-7-20-12-5-3-4-11(12)17/h11-12H,3-8,15H2,1-2H3. The van der Waals surface area contributed by atoms with E-state index in [1.165, 1.54) is 0 Å². The Bertz CT molecular complexity index is 525. The molecule has 6 nitrogen and oxygen atoms in total. The van der Waals surface area contributed by atoms with Gasteiger partial charge in [-0.2, -0.15) is 5.10 Å². The van der Waals surface area contributed by atoms with Crippen molar-refractivity contribution in [2.75, 3.05) is 18.9 Å². The average molecular weight is 278 g/mol. The number of aryl methyl sites for hydroxylation is 1. The second-order valence-electron chi connectivity index (χ2n) is 5.74. The minimum absolute atomic E-state index is 0.121. The predicted molar refractivity (Wildman–Crippen MR) is 75.2 cm³/mol. The average Bonchev–Trinajstić information content (AvgIpc) is 3.00. The summed E-state index contributed by atoms with van der Waals surface area (Å²) in [6.45, 7) is 5.37. The van der Waals surface area contributed by atoms with Crippen LogP contribution in [0.4, 0.5) is 5.69 Å². The number of rotatable bonds is 2. The Labute approximate surface area is 118 Å². The first kappa shape index (κ1) is 13.4. The zero-order valence-corrected chi connectivity index (χ0v) is 12.1. The molecular formula is C14H22N4O2. The van der Waals surface area contributed by atoms with Gasteiger partial charge in [0.2, 0.25) is 5.91 Å². The SMILES string of the molecule is Cc1nn(CC(=O)N2CCOC3CCCC32)c(C)c1N. The summed E-state index contributed by atoms with van der Waals surface area (Å²) in [6.07, 6.45) is 3.50. The van der Waals surface area contributed by atoms with Gasteiger partial charge in [-0.05, 0) is 33.1 Å². The quantitative estimate of drug-likeness (QED) is 0.871. The fourth-order valence-electron chi connectivity index (χ4n) is 3.32. The van der Waals surface area contributed by atoms with Crippen molar-refractivity contribution < 1.29 is 9.53 Å². The van der Waals surface area contributed by atoms with Crippen molar-refractivity contribution in [2.45, 2.75) is 51.8 Å². The van der Waals surface area contributed by atoms with E-state index in [0.29, 0.717) is 18.8 Å². The molecule has 0 bridgehead atoms. The number of nitrogens with two attached hydrogens (primary N) is 1. The van der Waals surface area contributed by atoms with Crippen LogP contribution in [0, 0.1) is 13.8 Å². The molecule has 20 heavy (non-hydrogen) atoms. The van der Waals surface area contributed by atoms with E-state index < -0.39 is 0 Å². The van der Waals surface area contributed by atoms with Crippen LogP contribution in [0.2, 0.25) is 0 Å². The molecule has 1 aliphatic heterocycles. The van der Waals surface area contributed by atoms with Gasteiger partial charge in [0.15, 0.2) is 0 Å². The van der Waals surface area contributed by atoms with Crippen LogP contribution in [0.15, 0.2) is 0 Å². The molecule has 2 fully saturated rings. The smallest absolute Gasteiger partial charge is 0.244 e. The van der Waals surface area contributed by atoms with Gasteiger partial charge in [-0.3, -0.25) is 9.48 Å². The Hall–Kier alpha value is -1.56. The molecule has 1 aromatic heterocycles. The maximum absolute atomic E-state index is 12.6. The molecule has 110 valence electrons. The second kappa shape index (κ2) is 5.09. The van der Waals surface area contributed by atoms with Crippen LogP contribution in [-0.2, 0) is 16.1 Å². The third-order valence-corrected chi connectivity index (χ3v) is 4.52. The van der Waals surface area contributed by atoms with Gasteiger partial charge in [0.05, 0.1) is 35.8 Å². The Morgan fingerprint density at radius 3 is 2.95 bits per heavy atom. The number of hydrogen-bond donors (Lipinski definition) is 1. The maximum Gasteiger partial charge on any atom is 0.244 e. The highest BCUT2D eigenvalue weighted by molar-refractivity contribution is 5.76. The molecule has 1 aromatic rings. The lowest BCUT2D eigenvalue weighted by Gasteiger charge is -2.37. The van der Waals surface area contributed by atoms with Crippen molar-refractivity contribution in [3.63, 3.8) is 0 Å². The summed E-state index contributed by atoms with van der Waals surface area (Å²) in [7, 11) is 0. The van der Waals surface area contributed by atoms with Gasteiger partial charge >= 0.3 is 0 Å². The van der Waals surface area contributed by atoms with Crippen LogP contribution >= 0.6 is 0 Å². The van der Waals surface area contributed by atoms with E-state index in [9.17, 15) is 4.79 Å². The van der Waals surface area contributed by atoms with Gasteiger partial charge in [0.1, 0.15) is 6.54 Å². The number of carbonyl (C=O) groups excluding carboxylic acids is 1. The van der Waals surface area contributed by atoms with E-state index in [-0.39, 0.29) is 24.6 Å². The van der Waals surface area contributed by atoms with E-state index in [2.05, 4.69) is 5.10 Å². The number of morpholine rings is 1. The normalized spacial score (nSPS) is 25.8. The Morgan fingerprint density at radius 1 is 1.45 bits per heavy atom. The van der Waals surface area contributed by atoms with E-state index in [1.54, 1.807) is 4.68 Å². The number of ether oxygens (including phenoxy) is 1. The second-order valence-corrected chi connectivity index (χ2v) is 5.74. The van der Waals surface area contributed by atoms with Crippen molar-refractivity contribution in [3.05, 3.63) is 11.4 Å². The molecule has 1 amide bonds. The van der Waals surface area contributed by atoms with Crippen molar-refractivity contribution in [2.24, 2.45) is 0 Å². The molecule has 1 saturated carbocycles. The zero-order valence-electron chi connectivity index (χ0n) is 12.1. The zero-order chi connectivity index (χ0) is 14.3. The van der Waals surface area contributed by atoms with Crippen molar-refractivity contribution >= 4 is 11.6 Å². The minimum Gasteiger partial charge on any atom is -0.396 e. The fourth-order valence-corrected chi connectivity index (χ4v) is 3.32. The third-order valence-electron chi connectivity index (χ3n) is 4.52.